The van der Waals surface area contributed by atoms with Gasteiger partial charge in [0.1, 0.15) is 23.4 Å². The zero-order valence-corrected chi connectivity index (χ0v) is 15.8. The zero-order chi connectivity index (χ0) is 14.9. The molecule has 0 spiro atoms. The summed E-state index contributed by atoms with van der Waals surface area (Å²) in [4.78, 5) is 41.2. The molecule has 0 amide bonds. The van der Waals surface area contributed by atoms with Crippen molar-refractivity contribution in [2.75, 3.05) is 0 Å². The molecule has 0 aliphatic heterocycles. The van der Waals surface area contributed by atoms with Gasteiger partial charge in [-0.05, 0) is 26.7 Å². The van der Waals surface area contributed by atoms with Gasteiger partial charge in [-0.2, -0.15) is 0 Å². The van der Waals surface area contributed by atoms with Gasteiger partial charge in [0.15, 0.2) is 0 Å². The van der Waals surface area contributed by atoms with Gasteiger partial charge in [0, 0.05) is 0 Å². The van der Waals surface area contributed by atoms with Crippen LogP contribution in [0.5, 0.6) is 0 Å². The summed E-state index contributed by atoms with van der Waals surface area (Å²) in [6.45, 7) is 5.95. The number of carboxylic acid groups (broad SMARTS) is 2. The summed E-state index contributed by atoms with van der Waals surface area (Å²) in [6.07, 6.45) is 0.759. The summed E-state index contributed by atoms with van der Waals surface area (Å²) in [5, 5.41) is 16.6. The molecule has 0 saturated heterocycles. The quantitative estimate of drug-likeness (QED) is 0.511. The first-order valence-corrected chi connectivity index (χ1v) is 5.65. The average molecular weight is 381 g/mol. The molecule has 0 heterocycles. The van der Waals surface area contributed by atoms with Gasteiger partial charge >= 0.3 is 35.8 Å². The third kappa shape index (κ3) is 10.7. The van der Waals surface area contributed by atoms with Gasteiger partial charge < -0.3 is 10.2 Å². The van der Waals surface area contributed by atoms with Crippen molar-refractivity contribution in [3.63, 3.8) is 0 Å². The van der Waals surface area contributed by atoms with Crippen LogP contribution < -0.4 is 0 Å². The van der Waals surface area contributed by atoms with Gasteiger partial charge in [0.2, 0.25) is 0 Å². The van der Waals surface area contributed by atoms with E-state index in [1.165, 1.54) is 13.8 Å². The van der Waals surface area contributed by atoms with Crippen molar-refractivity contribution in [3.8, 4) is 0 Å². The van der Waals surface area contributed by atoms with E-state index in [-0.39, 0.29) is 35.5 Å². The first kappa shape index (κ1) is 23.2. The van der Waals surface area contributed by atoms with Crippen LogP contribution in [0.15, 0.2) is 0 Å². The molecule has 0 aromatic heterocycles. The summed E-state index contributed by atoms with van der Waals surface area (Å²) in [5.41, 5.74) is 0. The van der Waals surface area contributed by atoms with Crippen molar-refractivity contribution in [3.05, 3.63) is 0 Å². The molecule has 19 heavy (non-hydrogen) atoms. The van der Waals surface area contributed by atoms with Crippen molar-refractivity contribution >= 4 is 47.4 Å². The van der Waals surface area contributed by atoms with Gasteiger partial charge in [-0.15, -0.1) is 0 Å². The van der Waals surface area contributed by atoms with Gasteiger partial charge in [-0.25, -0.2) is 0 Å². The van der Waals surface area contributed by atoms with Crippen LogP contribution in [0.2, 0.25) is 0 Å². The molecule has 0 saturated carbocycles. The number of rotatable bonds is 6. The molecule has 0 aromatic rings. The van der Waals surface area contributed by atoms with Crippen LogP contribution in [0.1, 0.15) is 40.5 Å². The molecule has 2 unspecified atom stereocenters. The van der Waals surface area contributed by atoms with E-state index in [4.69, 9.17) is 10.2 Å². The first-order valence-electron chi connectivity index (χ1n) is 5.65. The third-order valence-corrected chi connectivity index (χ3v) is 2.39. The number of carboxylic acids is 2. The van der Waals surface area contributed by atoms with Gasteiger partial charge in [-0.1, -0.05) is 13.8 Å². The number of hydrogen-bond acceptors (Lipinski definition) is 4. The van der Waals surface area contributed by atoms with E-state index < -0.39 is 23.8 Å². The summed E-state index contributed by atoms with van der Waals surface area (Å²) < 4.78 is 0. The Morgan fingerprint density at radius 3 is 1.00 bits per heavy atom. The molecular formula is C12H22O6Sn. The zero-order valence-electron chi connectivity index (χ0n) is 11.8. The molecule has 2 atom stereocenters. The fourth-order valence-electron chi connectivity index (χ4n) is 1.27. The van der Waals surface area contributed by atoms with E-state index in [1.807, 2.05) is 0 Å². The van der Waals surface area contributed by atoms with Crippen LogP contribution in [-0.2, 0) is 19.2 Å². The van der Waals surface area contributed by atoms with Crippen molar-refractivity contribution in [1.29, 1.82) is 0 Å². The molecule has 7 heteroatoms. The molecule has 0 rings (SSSR count). The van der Waals surface area contributed by atoms with E-state index in [0.717, 1.165) is 0 Å². The molecule has 2 radical (unpaired) electrons. The number of aliphatic carboxylic acids is 2. The van der Waals surface area contributed by atoms with Crippen LogP contribution in [0, 0.1) is 11.8 Å². The summed E-state index contributed by atoms with van der Waals surface area (Å²) in [5.74, 6) is -4.19. The molecule has 0 aromatic carbocycles. The molecule has 0 bridgehead atoms. The molecule has 0 aliphatic carbocycles. The summed E-state index contributed by atoms with van der Waals surface area (Å²) in [6, 6.07) is 0. The fraction of sp³-hybridized carbons (Fsp3) is 0.667. The molecule has 2 N–H and O–H groups in total. The Balaban J connectivity index is -0.000000256. The van der Waals surface area contributed by atoms with E-state index in [2.05, 4.69) is 0 Å². The number of Topliss-reactive ketones (excluding diaryl/α,β-unsaturated/α-hetero) is 2. The van der Waals surface area contributed by atoms with E-state index in [0.29, 0.717) is 12.8 Å². The predicted octanol–water partition coefficient (Wildman–Crippen LogP) is 0.456. The van der Waals surface area contributed by atoms with Crippen molar-refractivity contribution in [2.45, 2.75) is 40.5 Å². The van der Waals surface area contributed by atoms with Crippen molar-refractivity contribution < 1.29 is 29.4 Å². The standard InChI is InChI=1S/2C6H10O3.Sn.2H/c2*1-3-5(4(2)7)6(8)9;;;/h2*5H,3H2,1-2H3,(H,8,9);;;. The second kappa shape index (κ2) is 12.1. The fourth-order valence-corrected chi connectivity index (χ4v) is 1.27. The second-order valence-electron chi connectivity index (χ2n) is 3.82. The number of hydrogen-bond donors (Lipinski definition) is 2. The minimum absolute atomic E-state index is 0. The van der Waals surface area contributed by atoms with E-state index in [9.17, 15) is 19.2 Å². The third-order valence-electron chi connectivity index (χ3n) is 2.39. The SMILES string of the molecule is CCC(C(C)=O)C(=O)O.CCC(C(C)=O)C(=O)O.[SnH2]. The van der Waals surface area contributed by atoms with Crippen molar-refractivity contribution in [2.24, 2.45) is 11.8 Å². The second-order valence-corrected chi connectivity index (χ2v) is 3.82. The number of ketones is 2. The van der Waals surface area contributed by atoms with Gasteiger partial charge in [0.05, 0.1) is 0 Å². The molecule has 0 aliphatic rings. The Labute approximate surface area is 129 Å². The maximum atomic E-state index is 10.4. The van der Waals surface area contributed by atoms with Crippen LogP contribution in [-0.4, -0.2) is 57.6 Å². The molecular weight excluding hydrogens is 359 g/mol. The van der Waals surface area contributed by atoms with Crippen LogP contribution in [0.4, 0.5) is 0 Å². The van der Waals surface area contributed by atoms with Crippen LogP contribution in [0.3, 0.4) is 0 Å². The predicted molar refractivity (Wildman–Crippen MR) is 72.7 cm³/mol. The average Bonchev–Trinajstić information content (AvgIpc) is 2.17. The Morgan fingerprint density at radius 2 is 1.00 bits per heavy atom. The van der Waals surface area contributed by atoms with Gasteiger partial charge in [-0.3, -0.25) is 19.2 Å². The Kier molecular flexibility index (Phi) is 14.8. The first-order chi connectivity index (χ1) is 8.18. The monoisotopic (exact) mass is 382 g/mol. The van der Waals surface area contributed by atoms with E-state index in [1.54, 1.807) is 13.8 Å². The molecule has 6 nitrogen and oxygen atoms in total. The number of carbonyl (C=O) groups is 4. The summed E-state index contributed by atoms with van der Waals surface area (Å²) >= 11 is 0. The Morgan fingerprint density at radius 1 is 0.789 bits per heavy atom. The molecule has 110 valence electrons. The van der Waals surface area contributed by atoms with E-state index >= 15 is 0 Å². The Bertz CT molecular complexity index is 266. The van der Waals surface area contributed by atoms with Crippen molar-refractivity contribution in [1.82, 2.24) is 0 Å². The van der Waals surface area contributed by atoms with Crippen LogP contribution >= 0.6 is 0 Å². The topological polar surface area (TPSA) is 109 Å². The molecule has 0 fully saturated rings. The Hall–Kier alpha value is -0.921. The normalized spacial score (nSPS) is 12.0. The van der Waals surface area contributed by atoms with Crippen LogP contribution in [0.25, 0.3) is 0 Å². The number of carbonyl (C=O) groups excluding carboxylic acids is 2. The van der Waals surface area contributed by atoms with Gasteiger partial charge in [0.25, 0.3) is 0 Å². The maximum absolute atomic E-state index is 10.4. The minimum atomic E-state index is -1.02. The summed E-state index contributed by atoms with van der Waals surface area (Å²) in [7, 11) is 0.